The third-order valence-corrected chi connectivity index (χ3v) is 4.30. The second-order valence-corrected chi connectivity index (χ2v) is 6.88. The van der Waals surface area contributed by atoms with Gasteiger partial charge >= 0.3 is 5.97 Å². The topological polar surface area (TPSA) is 98.5 Å². The highest BCUT2D eigenvalue weighted by Gasteiger charge is 2.06. The van der Waals surface area contributed by atoms with Crippen LogP contribution in [0.4, 0.5) is 5.69 Å². The van der Waals surface area contributed by atoms with Gasteiger partial charge in [-0.3, -0.25) is 4.79 Å². The van der Waals surface area contributed by atoms with Crippen LogP contribution in [0.1, 0.15) is 45.4 Å². The molecule has 0 radical (unpaired) electrons. The minimum atomic E-state index is -3.63. The molecule has 0 saturated heterocycles. The Labute approximate surface area is 138 Å². The molecule has 0 amide bonds. The van der Waals surface area contributed by atoms with E-state index < -0.39 is 10.0 Å². The van der Waals surface area contributed by atoms with Crippen molar-refractivity contribution in [1.82, 2.24) is 0 Å². The van der Waals surface area contributed by atoms with Crippen LogP contribution in [-0.2, 0) is 19.6 Å². The number of sulfonamides is 1. The Morgan fingerprint density at radius 1 is 1.09 bits per heavy atom. The van der Waals surface area contributed by atoms with Gasteiger partial charge in [0.15, 0.2) is 0 Å². The molecule has 0 unspecified atom stereocenters. The van der Waals surface area contributed by atoms with Gasteiger partial charge in [0.1, 0.15) is 0 Å². The average molecular weight is 342 g/mol. The van der Waals surface area contributed by atoms with E-state index in [0.29, 0.717) is 13.0 Å². The Hall–Kier alpha value is -1.60. The van der Waals surface area contributed by atoms with Crippen LogP contribution in [0.15, 0.2) is 29.2 Å². The molecule has 0 bridgehead atoms. The number of carbonyl (C=O) groups excluding carboxylic acids is 1. The number of hydrogen-bond acceptors (Lipinski definition) is 5. The number of anilines is 1. The molecule has 0 aliphatic rings. The number of unbranched alkanes of at least 4 members (excludes halogenated alkanes) is 4. The Bertz CT molecular complexity index is 570. The van der Waals surface area contributed by atoms with Crippen LogP contribution >= 0.6 is 0 Å². The summed E-state index contributed by atoms with van der Waals surface area (Å²) in [6.07, 6.45) is 5.61. The van der Waals surface area contributed by atoms with E-state index in [2.05, 4.69) is 5.32 Å². The zero-order valence-electron chi connectivity index (χ0n) is 13.6. The summed E-state index contributed by atoms with van der Waals surface area (Å²) >= 11 is 0. The first-order valence-electron chi connectivity index (χ1n) is 7.96. The first-order valence-corrected chi connectivity index (χ1v) is 9.50. The molecule has 1 aromatic carbocycles. The fourth-order valence-corrected chi connectivity index (χ4v) is 2.67. The molecule has 6 nitrogen and oxygen atoms in total. The van der Waals surface area contributed by atoms with E-state index >= 15 is 0 Å². The Kier molecular flexibility index (Phi) is 8.65. The van der Waals surface area contributed by atoms with Crippen molar-refractivity contribution in [2.75, 3.05) is 18.5 Å². The number of primary sulfonamides is 1. The fourth-order valence-electron chi connectivity index (χ4n) is 2.15. The van der Waals surface area contributed by atoms with E-state index in [1.165, 1.54) is 12.1 Å². The predicted octanol–water partition coefficient (Wildman–Crippen LogP) is 2.65. The van der Waals surface area contributed by atoms with Crippen molar-refractivity contribution in [2.45, 2.75) is 50.3 Å². The monoisotopic (exact) mass is 342 g/mol. The first kappa shape index (κ1) is 19.4. The molecule has 0 saturated carbocycles. The van der Waals surface area contributed by atoms with Gasteiger partial charge in [0, 0.05) is 18.7 Å². The number of benzene rings is 1. The Morgan fingerprint density at radius 2 is 1.70 bits per heavy atom. The highest BCUT2D eigenvalue weighted by Crippen LogP contribution is 2.13. The normalized spacial score (nSPS) is 11.2. The van der Waals surface area contributed by atoms with Crippen molar-refractivity contribution in [3.63, 3.8) is 0 Å². The van der Waals surface area contributed by atoms with Gasteiger partial charge in [0.25, 0.3) is 0 Å². The van der Waals surface area contributed by atoms with Gasteiger partial charge < -0.3 is 10.1 Å². The Balaban J connectivity index is 2.08. The smallest absolute Gasteiger partial charge is 0.305 e. The maximum atomic E-state index is 11.1. The molecule has 0 heterocycles. The van der Waals surface area contributed by atoms with Crippen LogP contribution in [-0.4, -0.2) is 27.5 Å². The molecule has 0 aliphatic carbocycles. The minimum Gasteiger partial charge on any atom is -0.466 e. The van der Waals surface area contributed by atoms with Crippen LogP contribution in [0.5, 0.6) is 0 Å². The number of carbonyl (C=O) groups is 1. The van der Waals surface area contributed by atoms with Crippen molar-refractivity contribution in [1.29, 1.82) is 0 Å². The van der Waals surface area contributed by atoms with Crippen molar-refractivity contribution >= 4 is 21.7 Å². The molecule has 1 aromatic rings. The second-order valence-electron chi connectivity index (χ2n) is 5.32. The van der Waals surface area contributed by atoms with Gasteiger partial charge in [-0.2, -0.15) is 0 Å². The van der Waals surface area contributed by atoms with Crippen LogP contribution < -0.4 is 10.5 Å². The molecule has 0 aliphatic heterocycles. The quantitative estimate of drug-likeness (QED) is 0.476. The predicted molar refractivity (Wildman–Crippen MR) is 90.6 cm³/mol. The number of rotatable bonds is 11. The number of esters is 1. The van der Waals surface area contributed by atoms with Gasteiger partial charge in [-0.05, 0) is 44.0 Å². The lowest BCUT2D eigenvalue weighted by molar-refractivity contribution is -0.143. The molecular formula is C16H26N2O4S. The summed E-state index contributed by atoms with van der Waals surface area (Å²) in [5.41, 5.74) is 0.875. The minimum absolute atomic E-state index is 0.114. The number of ether oxygens (including phenoxy) is 1. The van der Waals surface area contributed by atoms with Crippen LogP contribution in [0.25, 0.3) is 0 Å². The van der Waals surface area contributed by atoms with Crippen LogP contribution in [0.2, 0.25) is 0 Å². The second kappa shape index (κ2) is 10.2. The molecule has 1 rings (SSSR count). The highest BCUT2D eigenvalue weighted by atomic mass is 32.2. The molecule has 0 atom stereocenters. The third-order valence-electron chi connectivity index (χ3n) is 3.37. The lowest BCUT2D eigenvalue weighted by Gasteiger charge is -2.07. The highest BCUT2D eigenvalue weighted by molar-refractivity contribution is 7.89. The average Bonchev–Trinajstić information content (AvgIpc) is 2.50. The van der Waals surface area contributed by atoms with E-state index in [0.717, 1.165) is 44.3 Å². The molecule has 7 heteroatoms. The van der Waals surface area contributed by atoms with Crippen molar-refractivity contribution in [3.05, 3.63) is 24.3 Å². The molecule has 0 fully saturated rings. The summed E-state index contributed by atoms with van der Waals surface area (Å²) in [6.45, 7) is 3.09. The van der Waals surface area contributed by atoms with Gasteiger partial charge in [-0.25, -0.2) is 13.6 Å². The lowest BCUT2D eigenvalue weighted by atomic mass is 10.1. The molecular weight excluding hydrogens is 316 g/mol. The summed E-state index contributed by atoms with van der Waals surface area (Å²) in [5.74, 6) is -0.114. The van der Waals surface area contributed by atoms with Gasteiger partial charge in [0.05, 0.1) is 11.5 Å². The van der Waals surface area contributed by atoms with E-state index in [-0.39, 0.29) is 10.9 Å². The summed E-state index contributed by atoms with van der Waals surface area (Å²) in [6, 6.07) is 6.40. The van der Waals surface area contributed by atoms with Crippen LogP contribution in [0, 0.1) is 0 Å². The van der Waals surface area contributed by atoms with E-state index in [1.807, 2.05) is 6.92 Å². The van der Waals surface area contributed by atoms with E-state index in [4.69, 9.17) is 9.88 Å². The van der Waals surface area contributed by atoms with E-state index in [1.54, 1.807) is 12.1 Å². The van der Waals surface area contributed by atoms with Crippen molar-refractivity contribution in [2.24, 2.45) is 5.14 Å². The summed E-state index contributed by atoms with van der Waals surface area (Å²) in [7, 11) is -3.63. The zero-order chi connectivity index (χ0) is 17.1. The molecule has 23 heavy (non-hydrogen) atoms. The number of nitrogens with one attached hydrogen (secondary N) is 1. The largest absolute Gasteiger partial charge is 0.466 e. The van der Waals surface area contributed by atoms with Crippen molar-refractivity contribution in [3.8, 4) is 0 Å². The maximum Gasteiger partial charge on any atom is 0.305 e. The third kappa shape index (κ3) is 8.56. The maximum absolute atomic E-state index is 11.1. The SMILES string of the molecule is CCOC(=O)CCCCCCCNc1ccc(S(N)(=O)=O)cc1. The van der Waals surface area contributed by atoms with E-state index in [9.17, 15) is 13.2 Å². The molecule has 3 N–H and O–H groups in total. The summed E-state index contributed by atoms with van der Waals surface area (Å²) < 4.78 is 27.1. The standard InChI is InChI=1S/C16H26N2O4S/c1-2-22-16(19)8-6-4-3-5-7-13-18-14-9-11-15(12-10-14)23(17,20)21/h9-12,18H,2-8,13H2,1H3,(H2,17,20,21). The number of nitrogens with two attached hydrogens (primary N) is 1. The zero-order valence-corrected chi connectivity index (χ0v) is 14.4. The van der Waals surface area contributed by atoms with Gasteiger partial charge in [-0.1, -0.05) is 19.3 Å². The molecule has 0 spiro atoms. The number of hydrogen-bond donors (Lipinski definition) is 2. The first-order chi connectivity index (χ1) is 10.9. The van der Waals surface area contributed by atoms with Gasteiger partial charge in [0.2, 0.25) is 10.0 Å². The summed E-state index contributed by atoms with van der Waals surface area (Å²) in [5, 5.41) is 8.28. The van der Waals surface area contributed by atoms with Gasteiger partial charge in [-0.15, -0.1) is 0 Å². The van der Waals surface area contributed by atoms with Crippen LogP contribution in [0.3, 0.4) is 0 Å². The lowest BCUT2D eigenvalue weighted by Crippen LogP contribution is -2.12. The Morgan fingerprint density at radius 3 is 2.30 bits per heavy atom. The molecule has 130 valence electrons. The molecule has 0 aromatic heterocycles. The van der Waals surface area contributed by atoms with Crippen molar-refractivity contribution < 1.29 is 17.9 Å². The summed E-state index contributed by atoms with van der Waals surface area (Å²) in [4.78, 5) is 11.3. The fraction of sp³-hybridized carbons (Fsp3) is 0.562.